The number of nitrogens with one attached hydrogen (secondary N) is 2. The molecule has 27 heavy (non-hydrogen) atoms. The molecule has 1 aromatic carbocycles. The highest BCUT2D eigenvalue weighted by Gasteiger charge is 2.24. The Labute approximate surface area is 154 Å². The highest BCUT2D eigenvalue weighted by atomic mass is 19.1. The second-order valence-electron chi connectivity index (χ2n) is 5.90. The minimum atomic E-state index is -0.840. The number of carbonyl (C=O) groups is 1. The number of benzene rings is 1. The average molecular weight is 375 g/mol. The molecule has 1 aliphatic carbocycles. The fourth-order valence-electron chi connectivity index (χ4n) is 2.58. The standard InChI is InChI=1S/C16H13F2N3O3.C3H6/c1-23-14-10(17)5-11(18)15(24-2)13(14)9-6-19-16-8(9)3-4-12(21-16)20-7-22;1-2-3-1/h3-7H,1-2H3,(H2,19,20,21,22);1-3H2. The lowest BCUT2D eigenvalue weighted by atomic mass is 10.0. The van der Waals surface area contributed by atoms with Gasteiger partial charge in [0.15, 0.2) is 23.1 Å². The van der Waals surface area contributed by atoms with E-state index in [4.69, 9.17) is 9.47 Å². The summed E-state index contributed by atoms with van der Waals surface area (Å²) in [6.45, 7) is 0. The van der Waals surface area contributed by atoms with E-state index in [1.807, 2.05) is 0 Å². The smallest absolute Gasteiger partial charge is 0.212 e. The molecule has 2 N–H and O–H groups in total. The molecule has 1 aliphatic rings. The van der Waals surface area contributed by atoms with E-state index in [0.717, 1.165) is 0 Å². The van der Waals surface area contributed by atoms with Gasteiger partial charge in [0.25, 0.3) is 0 Å². The molecule has 1 fully saturated rings. The molecule has 0 bridgehead atoms. The molecule has 6 nitrogen and oxygen atoms in total. The van der Waals surface area contributed by atoms with Gasteiger partial charge in [-0.3, -0.25) is 4.79 Å². The third-order valence-electron chi connectivity index (χ3n) is 3.92. The van der Waals surface area contributed by atoms with Gasteiger partial charge in [0.1, 0.15) is 11.5 Å². The first kappa shape index (κ1) is 18.6. The highest BCUT2D eigenvalue weighted by molar-refractivity contribution is 5.98. The van der Waals surface area contributed by atoms with Crippen LogP contribution in [0.3, 0.4) is 0 Å². The Hall–Kier alpha value is -3.16. The van der Waals surface area contributed by atoms with Crippen molar-refractivity contribution in [3.8, 4) is 22.6 Å². The van der Waals surface area contributed by atoms with Gasteiger partial charge in [0.2, 0.25) is 6.41 Å². The number of carbonyl (C=O) groups excluding carboxylic acids is 1. The number of hydrogen-bond acceptors (Lipinski definition) is 4. The van der Waals surface area contributed by atoms with E-state index in [1.54, 1.807) is 18.3 Å². The van der Waals surface area contributed by atoms with Crippen molar-refractivity contribution < 1.29 is 23.0 Å². The van der Waals surface area contributed by atoms with Gasteiger partial charge in [-0.05, 0) is 12.1 Å². The molecule has 2 aromatic heterocycles. The molecule has 8 heteroatoms. The molecule has 0 spiro atoms. The van der Waals surface area contributed by atoms with Crippen LogP contribution >= 0.6 is 0 Å². The van der Waals surface area contributed by atoms with Crippen molar-refractivity contribution in [2.75, 3.05) is 19.5 Å². The summed E-state index contributed by atoms with van der Waals surface area (Å²) in [5, 5.41) is 3.02. The van der Waals surface area contributed by atoms with Gasteiger partial charge in [-0.2, -0.15) is 0 Å². The Kier molecular flexibility index (Phi) is 5.54. The van der Waals surface area contributed by atoms with Gasteiger partial charge in [-0.25, -0.2) is 13.8 Å². The summed E-state index contributed by atoms with van der Waals surface area (Å²) in [4.78, 5) is 17.6. The van der Waals surface area contributed by atoms with E-state index in [2.05, 4.69) is 15.3 Å². The zero-order valence-electron chi connectivity index (χ0n) is 14.9. The summed E-state index contributed by atoms with van der Waals surface area (Å²) >= 11 is 0. The van der Waals surface area contributed by atoms with Gasteiger partial charge >= 0.3 is 0 Å². The Morgan fingerprint density at radius 3 is 2.26 bits per heavy atom. The van der Waals surface area contributed by atoms with Crippen LogP contribution in [0.1, 0.15) is 19.3 Å². The van der Waals surface area contributed by atoms with E-state index in [-0.39, 0.29) is 17.1 Å². The summed E-state index contributed by atoms with van der Waals surface area (Å²) in [6, 6.07) is 3.95. The lowest BCUT2D eigenvalue weighted by Crippen LogP contribution is -1.99. The van der Waals surface area contributed by atoms with Gasteiger partial charge in [0, 0.05) is 23.2 Å². The zero-order chi connectivity index (χ0) is 19.4. The van der Waals surface area contributed by atoms with Crippen molar-refractivity contribution >= 4 is 23.3 Å². The molecule has 3 aromatic rings. The number of rotatable bonds is 5. The predicted octanol–water partition coefficient (Wildman–Crippen LogP) is 4.26. The Morgan fingerprint density at radius 2 is 1.74 bits per heavy atom. The molecule has 4 rings (SSSR count). The Balaban J connectivity index is 0.000000637. The van der Waals surface area contributed by atoms with Gasteiger partial charge < -0.3 is 19.8 Å². The van der Waals surface area contributed by atoms with E-state index in [1.165, 1.54) is 33.5 Å². The Bertz CT molecular complexity index is 939. The van der Waals surface area contributed by atoms with Gasteiger partial charge in [-0.1, -0.05) is 19.3 Å². The summed E-state index contributed by atoms with van der Waals surface area (Å²) in [5.74, 6) is -1.61. The third kappa shape index (κ3) is 3.84. The molecule has 0 radical (unpaired) electrons. The van der Waals surface area contributed by atoms with E-state index in [9.17, 15) is 13.6 Å². The number of aromatic amines is 1. The fraction of sp³-hybridized carbons (Fsp3) is 0.263. The largest absolute Gasteiger partial charge is 0.493 e. The summed E-state index contributed by atoms with van der Waals surface area (Å²) < 4.78 is 38.4. The van der Waals surface area contributed by atoms with Crippen LogP contribution in [0.15, 0.2) is 24.4 Å². The summed E-state index contributed by atoms with van der Waals surface area (Å²) in [7, 11) is 2.58. The maximum absolute atomic E-state index is 14.1. The Morgan fingerprint density at radius 1 is 1.11 bits per heavy atom. The lowest BCUT2D eigenvalue weighted by molar-refractivity contribution is -0.105. The topological polar surface area (TPSA) is 76.2 Å². The second kappa shape index (κ2) is 8.03. The number of pyridine rings is 1. The number of aromatic nitrogens is 2. The number of halogens is 2. The van der Waals surface area contributed by atoms with Crippen molar-refractivity contribution in [3.63, 3.8) is 0 Å². The van der Waals surface area contributed by atoms with E-state index >= 15 is 0 Å². The monoisotopic (exact) mass is 375 g/mol. The second-order valence-corrected chi connectivity index (χ2v) is 5.90. The molecular weight excluding hydrogens is 356 g/mol. The maximum atomic E-state index is 14.1. The van der Waals surface area contributed by atoms with Crippen LogP contribution in [0.5, 0.6) is 11.5 Å². The minimum Gasteiger partial charge on any atom is -0.493 e. The van der Waals surface area contributed by atoms with Crippen LogP contribution in [0.2, 0.25) is 0 Å². The number of hydrogen-bond donors (Lipinski definition) is 2. The first-order valence-electron chi connectivity index (χ1n) is 8.39. The molecule has 2 heterocycles. The normalized spacial score (nSPS) is 12.1. The quantitative estimate of drug-likeness (QED) is 0.653. The molecule has 0 unspecified atom stereocenters. The van der Waals surface area contributed by atoms with Crippen LogP contribution in [-0.4, -0.2) is 30.6 Å². The predicted molar refractivity (Wildman–Crippen MR) is 98.1 cm³/mol. The molecule has 0 atom stereocenters. The maximum Gasteiger partial charge on any atom is 0.212 e. The third-order valence-corrected chi connectivity index (χ3v) is 3.92. The number of nitrogens with zero attached hydrogens (tertiary/aromatic N) is 1. The van der Waals surface area contributed by atoms with Crippen molar-refractivity contribution in [2.24, 2.45) is 0 Å². The average Bonchev–Trinajstić information content (AvgIpc) is 3.48. The highest BCUT2D eigenvalue weighted by Crippen LogP contribution is 2.44. The van der Waals surface area contributed by atoms with Crippen molar-refractivity contribution in [1.29, 1.82) is 0 Å². The molecule has 0 aliphatic heterocycles. The van der Waals surface area contributed by atoms with Gasteiger partial charge in [-0.15, -0.1) is 0 Å². The number of H-pyrrole nitrogens is 1. The SMILES string of the molecule is C1CC1.COc1c(F)cc(F)c(OC)c1-c1c[nH]c2nc(NC=O)ccc12. The molecular formula is C19H19F2N3O3. The number of anilines is 1. The van der Waals surface area contributed by atoms with Crippen LogP contribution in [0, 0.1) is 11.6 Å². The molecule has 1 saturated carbocycles. The van der Waals surface area contributed by atoms with Crippen molar-refractivity contribution in [2.45, 2.75) is 19.3 Å². The van der Waals surface area contributed by atoms with E-state index < -0.39 is 11.6 Å². The van der Waals surface area contributed by atoms with Gasteiger partial charge in [0.05, 0.1) is 19.8 Å². The van der Waals surface area contributed by atoms with Crippen LogP contribution in [0.4, 0.5) is 14.6 Å². The van der Waals surface area contributed by atoms with Crippen molar-refractivity contribution in [3.05, 3.63) is 36.0 Å². The summed E-state index contributed by atoms with van der Waals surface area (Å²) in [6.07, 6.45) is 6.55. The van der Waals surface area contributed by atoms with Crippen LogP contribution in [-0.2, 0) is 4.79 Å². The van der Waals surface area contributed by atoms with E-state index in [0.29, 0.717) is 34.9 Å². The number of fused-ring (bicyclic) bond motifs is 1. The molecule has 142 valence electrons. The zero-order valence-corrected chi connectivity index (χ0v) is 14.9. The first-order valence-corrected chi connectivity index (χ1v) is 8.39. The minimum absolute atomic E-state index is 0.135. The molecule has 1 amide bonds. The number of amides is 1. The lowest BCUT2D eigenvalue weighted by Gasteiger charge is -2.14. The van der Waals surface area contributed by atoms with Crippen LogP contribution in [0.25, 0.3) is 22.2 Å². The fourth-order valence-corrected chi connectivity index (χ4v) is 2.58. The number of ether oxygens (including phenoxy) is 2. The summed E-state index contributed by atoms with van der Waals surface area (Å²) in [5.41, 5.74) is 1.04. The molecule has 0 saturated heterocycles. The van der Waals surface area contributed by atoms with Crippen LogP contribution < -0.4 is 14.8 Å². The number of methoxy groups -OCH3 is 2. The first-order chi connectivity index (χ1) is 13.1. The van der Waals surface area contributed by atoms with Crippen molar-refractivity contribution in [1.82, 2.24) is 9.97 Å².